The van der Waals surface area contributed by atoms with Gasteiger partial charge in [0.1, 0.15) is 0 Å². The van der Waals surface area contributed by atoms with Crippen molar-refractivity contribution in [3.63, 3.8) is 0 Å². The molecule has 0 amide bonds. The SMILES string of the molecule is CNS(=O)(=O)c1cccc(Br)c1CBr. The van der Waals surface area contributed by atoms with Crippen LogP contribution in [0, 0.1) is 0 Å². The maximum Gasteiger partial charge on any atom is 0.240 e. The fourth-order valence-electron chi connectivity index (χ4n) is 1.03. The molecule has 0 aliphatic heterocycles. The molecule has 1 aromatic rings. The monoisotopic (exact) mass is 341 g/mol. The molecule has 1 N–H and O–H groups in total. The molecule has 78 valence electrons. The van der Waals surface area contributed by atoms with E-state index in [0.29, 0.717) is 10.2 Å². The third kappa shape index (κ3) is 2.36. The first-order valence-corrected chi connectivity index (χ1v) is 7.19. The van der Waals surface area contributed by atoms with Gasteiger partial charge in [-0.05, 0) is 24.7 Å². The highest BCUT2D eigenvalue weighted by molar-refractivity contribution is 9.10. The fourth-order valence-corrected chi connectivity index (χ4v) is 3.82. The Morgan fingerprint density at radius 3 is 2.57 bits per heavy atom. The zero-order chi connectivity index (χ0) is 10.8. The van der Waals surface area contributed by atoms with E-state index in [9.17, 15) is 8.42 Å². The van der Waals surface area contributed by atoms with Crippen molar-refractivity contribution in [2.45, 2.75) is 10.2 Å². The minimum absolute atomic E-state index is 0.297. The van der Waals surface area contributed by atoms with E-state index in [2.05, 4.69) is 36.6 Å². The van der Waals surface area contributed by atoms with E-state index in [1.54, 1.807) is 12.1 Å². The lowest BCUT2D eigenvalue weighted by atomic mass is 10.2. The number of sulfonamides is 1. The van der Waals surface area contributed by atoms with E-state index < -0.39 is 10.0 Å². The summed E-state index contributed by atoms with van der Waals surface area (Å²) in [5.74, 6) is 0. The highest BCUT2D eigenvalue weighted by Gasteiger charge is 2.17. The molecular formula is C8H9Br2NO2S. The summed E-state index contributed by atoms with van der Waals surface area (Å²) in [6, 6.07) is 5.08. The molecular weight excluding hydrogens is 334 g/mol. The third-order valence-electron chi connectivity index (χ3n) is 1.77. The smallest absolute Gasteiger partial charge is 0.214 e. The van der Waals surface area contributed by atoms with Crippen molar-refractivity contribution in [2.24, 2.45) is 0 Å². The lowest BCUT2D eigenvalue weighted by Gasteiger charge is -2.08. The van der Waals surface area contributed by atoms with E-state index in [4.69, 9.17) is 0 Å². The molecule has 0 saturated carbocycles. The number of hydrogen-bond donors (Lipinski definition) is 1. The van der Waals surface area contributed by atoms with Crippen LogP contribution in [0.25, 0.3) is 0 Å². The summed E-state index contributed by atoms with van der Waals surface area (Å²) < 4.78 is 26.2. The Hall–Kier alpha value is 0.0900. The minimum Gasteiger partial charge on any atom is -0.214 e. The third-order valence-corrected chi connectivity index (χ3v) is 4.57. The zero-order valence-electron chi connectivity index (χ0n) is 7.42. The number of nitrogens with one attached hydrogen (secondary N) is 1. The summed E-state index contributed by atoms with van der Waals surface area (Å²) in [6.45, 7) is 0. The van der Waals surface area contributed by atoms with Crippen LogP contribution < -0.4 is 4.72 Å². The molecule has 0 spiro atoms. The number of rotatable bonds is 3. The van der Waals surface area contributed by atoms with Crippen molar-refractivity contribution < 1.29 is 8.42 Å². The Morgan fingerprint density at radius 1 is 1.43 bits per heavy atom. The van der Waals surface area contributed by atoms with E-state index in [-0.39, 0.29) is 0 Å². The summed E-state index contributed by atoms with van der Waals surface area (Å²) in [5.41, 5.74) is 0.724. The van der Waals surface area contributed by atoms with Crippen molar-refractivity contribution >= 4 is 41.9 Å². The summed E-state index contributed by atoms with van der Waals surface area (Å²) in [4.78, 5) is 0.297. The van der Waals surface area contributed by atoms with Gasteiger partial charge in [-0.25, -0.2) is 13.1 Å². The Kier molecular flexibility index (Phi) is 4.12. The van der Waals surface area contributed by atoms with E-state index >= 15 is 0 Å². The van der Waals surface area contributed by atoms with Gasteiger partial charge < -0.3 is 0 Å². The summed E-state index contributed by atoms with van der Waals surface area (Å²) in [6.07, 6.45) is 0. The number of halogens is 2. The molecule has 0 bridgehead atoms. The molecule has 0 atom stereocenters. The van der Waals surface area contributed by atoms with Gasteiger partial charge in [-0.15, -0.1) is 0 Å². The van der Waals surface area contributed by atoms with Crippen molar-refractivity contribution in [1.29, 1.82) is 0 Å². The first-order chi connectivity index (χ1) is 6.53. The molecule has 1 rings (SSSR count). The summed E-state index contributed by atoms with van der Waals surface area (Å²) in [7, 11) is -1.98. The fraction of sp³-hybridized carbons (Fsp3) is 0.250. The van der Waals surface area contributed by atoms with Crippen LogP contribution in [0.5, 0.6) is 0 Å². The van der Waals surface area contributed by atoms with Crippen LogP contribution in [-0.4, -0.2) is 15.5 Å². The van der Waals surface area contributed by atoms with E-state index in [1.807, 2.05) is 6.07 Å². The van der Waals surface area contributed by atoms with Gasteiger partial charge in [0, 0.05) is 9.80 Å². The number of benzene rings is 1. The van der Waals surface area contributed by atoms with E-state index in [1.165, 1.54) is 7.05 Å². The van der Waals surface area contributed by atoms with Crippen molar-refractivity contribution in [3.8, 4) is 0 Å². The minimum atomic E-state index is -3.37. The standard InChI is InChI=1S/C8H9Br2NO2S/c1-11-14(12,13)8-4-2-3-7(10)6(8)5-9/h2-4,11H,5H2,1H3. The van der Waals surface area contributed by atoms with Gasteiger partial charge >= 0.3 is 0 Å². The molecule has 14 heavy (non-hydrogen) atoms. The molecule has 0 aliphatic rings. The molecule has 6 heteroatoms. The summed E-state index contributed by atoms with van der Waals surface area (Å²) >= 11 is 6.57. The average Bonchev–Trinajstić information content (AvgIpc) is 2.17. The average molecular weight is 343 g/mol. The van der Waals surface area contributed by atoms with Gasteiger partial charge in [0.15, 0.2) is 0 Å². The first kappa shape index (κ1) is 12.2. The first-order valence-electron chi connectivity index (χ1n) is 3.80. The lowest BCUT2D eigenvalue weighted by Crippen LogP contribution is -2.20. The molecule has 0 radical (unpaired) electrons. The van der Waals surface area contributed by atoms with Crippen LogP contribution in [0.1, 0.15) is 5.56 Å². The van der Waals surface area contributed by atoms with Gasteiger partial charge in [-0.1, -0.05) is 37.9 Å². The zero-order valence-corrected chi connectivity index (χ0v) is 11.4. The molecule has 0 unspecified atom stereocenters. The molecule has 1 aromatic carbocycles. The topological polar surface area (TPSA) is 46.2 Å². The van der Waals surface area contributed by atoms with Crippen LogP contribution in [0.15, 0.2) is 27.6 Å². The van der Waals surface area contributed by atoms with Crippen LogP contribution >= 0.6 is 31.9 Å². The van der Waals surface area contributed by atoms with Gasteiger partial charge in [0.25, 0.3) is 0 Å². The van der Waals surface area contributed by atoms with E-state index in [0.717, 1.165) is 10.0 Å². The molecule has 0 heterocycles. The Balaban J connectivity index is 3.42. The highest BCUT2D eigenvalue weighted by Crippen LogP contribution is 2.26. The van der Waals surface area contributed by atoms with Crippen molar-refractivity contribution in [1.82, 2.24) is 4.72 Å². The van der Waals surface area contributed by atoms with Crippen LogP contribution in [0.3, 0.4) is 0 Å². The second-order valence-corrected chi connectivity index (χ2v) is 5.83. The van der Waals surface area contributed by atoms with Crippen molar-refractivity contribution in [3.05, 3.63) is 28.2 Å². The normalized spacial score (nSPS) is 11.6. The van der Waals surface area contributed by atoms with Gasteiger partial charge in [-0.2, -0.15) is 0 Å². The van der Waals surface area contributed by atoms with Crippen LogP contribution in [0.4, 0.5) is 0 Å². The molecule has 3 nitrogen and oxygen atoms in total. The number of hydrogen-bond acceptors (Lipinski definition) is 2. The van der Waals surface area contributed by atoms with Gasteiger partial charge in [0.2, 0.25) is 10.0 Å². The van der Waals surface area contributed by atoms with Gasteiger partial charge in [-0.3, -0.25) is 0 Å². The van der Waals surface area contributed by atoms with Crippen LogP contribution in [0.2, 0.25) is 0 Å². The maximum atomic E-state index is 11.6. The predicted molar refractivity (Wildman–Crippen MR) is 63.0 cm³/mol. The highest BCUT2D eigenvalue weighted by atomic mass is 79.9. The lowest BCUT2D eigenvalue weighted by molar-refractivity contribution is 0.587. The maximum absolute atomic E-state index is 11.6. The molecule has 0 fully saturated rings. The number of alkyl halides is 1. The van der Waals surface area contributed by atoms with Gasteiger partial charge in [0.05, 0.1) is 4.90 Å². The second kappa shape index (κ2) is 4.74. The predicted octanol–water partition coefficient (Wildman–Crippen LogP) is 2.25. The van der Waals surface area contributed by atoms with Crippen LogP contribution in [-0.2, 0) is 15.4 Å². The largest absolute Gasteiger partial charge is 0.240 e. The van der Waals surface area contributed by atoms with Crippen molar-refractivity contribution in [2.75, 3.05) is 7.05 Å². The molecule has 0 saturated heterocycles. The molecule has 0 aliphatic carbocycles. The summed E-state index contributed by atoms with van der Waals surface area (Å²) in [5, 5.41) is 0.491. The second-order valence-electron chi connectivity index (χ2n) is 2.56. The Morgan fingerprint density at radius 2 is 2.07 bits per heavy atom. The Bertz CT molecular complexity index is 431. The Labute approximate surface area is 100 Å². The molecule has 0 aromatic heterocycles. The quantitative estimate of drug-likeness (QED) is 0.856.